The van der Waals surface area contributed by atoms with Gasteiger partial charge in [0.05, 0.1) is 18.6 Å². The van der Waals surface area contributed by atoms with Crippen molar-refractivity contribution in [3.8, 4) is 0 Å². The first-order chi connectivity index (χ1) is 8.21. The fourth-order valence-corrected chi connectivity index (χ4v) is 2.88. The molecular formula is C15H28O3. The van der Waals surface area contributed by atoms with Crippen molar-refractivity contribution in [2.24, 2.45) is 23.2 Å². The van der Waals surface area contributed by atoms with Crippen molar-refractivity contribution in [3.63, 3.8) is 0 Å². The monoisotopic (exact) mass is 256 g/mol. The van der Waals surface area contributed by atoms with Gasteiger partial charge in [-0.1, -0.05) is 20.8 Å². The topological polar surface area (TPSA) is 46.5 Å². The molecule has 0 aromatic carbocycles. The fourth-order valence-electron chi connectivity index (χ4n) is 2.88. The third-order valence-corrected chi connectivity index (χ3v) is 4.17. The summed E-state index contributed by atoms with van der Waals surface area (Å²) >= 11 is 0. The summed E-state index contributed by atoms with van der Waals surface area (Å²) in [6, 6.07) is 0. The number of hydrogen-bond acceptors (Lipinski definition) is 2. The Balaban J connectivity index is 2.67. The first-order valence-corrected chi connectivity index (χ1v) is 7.06. The first kappa shape index (κ1) is 15.5. The molecule has 0 radical (unpaired) electrons. The summed E-state index contributed by atoms with van der Waals surface area (Å²) in [6.45, 7) is 11.3. The van der Waals surface area contributed by atoms with Gasteiger partial charge in [0, 0.05) is 0 Å². The van der Waals surface area contributed by atoms with Crippen LogP contribution in [0.3, 0.4) is 0 Å². The Morgan fingerprint density at radius 2 is 1.94 bits per heavy atom. The van der Waals surface area contributed by atoms with E-state index < -0.39 is 5.97 Å². The number of ether oxygens (including phenoxy) is 1. The van der Waals surface area contributed by atoms with Gasteiger partial charge in [-0.2, -0.15) is 0 Å². The molecule has 0 saturated heterocycles. The van der Waals surface area contributed by atoms with Crippen LogP contribution in [0.5, 0.6) is 0 Å². The average Bonchev–Trinajstić information content (AvgIpc) is 2.24. The molecule has 1 saturated carbocycles. The summed E-state index contributed by atoms with van der Waals surface area (Å²) in [7, 11) is 0. The van der Waals surface area contributed by atoms with Crippen LogP contribution < -0.4 is 0 Å². The maximum Gasteiger partial charge on any atom is 0.306 e. The molecule has 0 amide bonds. The van der Waals surface area contributed by atoms with E-state index in [2.05, 4.69) is 20.8 Å². The molecule has 3 atom stereocenters. The summed E-state index contributed by atoms with van der Waals surface area (Å²) < 4.78 is 5.66. The molecule has 0 heterocycles. The molecule has 3 unspecified atom stereocenters. The van der Waals surface area contributed by atoms with Gasteiger partial charge >= 0.3 is 5.97 Å². The minimum absolute atomic E-state index is 0.169. The highest BCUT2D eigenvalue weighted by Gasteiger charge is 2.39. The lowest BCUT2D eigenvalue weighted by molar-refractivity contribution is -0.147. The van der Waals surface area contributed by atoms with Crippen LogP contribution in [-0.4, -0.2) is 23.8 Å². The second-order valence-corrected chi connectivity index (χ2v) is 6.96. The third-order valence-electron chi connectivity index (χ3n) is 4.17. The lowest BCUT2D eigenvalue weighted by Crippen LogP contribution is -2.37. The molecule has 0 aromatic rings. The predicted octanol–water partition coefficient (Wildman–Crippen LogP) is 3.57. The molecule has 106 valence electrons. The van der Waals surface area contributed by atoms with Crippen molar-refractivity contribution in [1.82, 2.24) is 0 Å². The Bertz CT molecular complexity index is 278. The molecule has 0 aromatic heterocycles. The normalized spacial score (nSPS) is 29.6. The molecule has 1 rings (SSSR count). The first-order valence-electron chi connectivity index (χ1n) is 7.06. The molecule has 3 nitrogen and oxygen atoms in total. The van der Waals surface area contributed by atoms with Gasteiger partial charge in [0.15, 0.2) is 0 Å². The van der Waals surface area contributed by atoms with E-state index in [1.807, 2.05) is 13.8 Å². The van der Waals surface area contributed by atoms with E-state index in [0.717, 1.165) is 19.3 Å². The van der Waals surface area contributed by atoms with Gasteiger partial charge in [-0.15, -0.1) is 0 Å². The van der Waals surface area contributed by atoms with Crippen LogP contribution in [0.1, 0.15) is 53.9 Å². The summed E-state index contributed by atoms with van der Waals surface area (Å²) in [4.78, 5) is 11.3. The van der Waals surface area contributed by atoms with E-state index in [9.17, 15) is 9.90 Å². The van der Waals surface area contributed by atoms with Crippen molar-refractivity contribution in [2.75, 3.05) is 6.61 Å². The SMILES string of the molecule is CC(C)OCC1CC(C(C)(C)C)CCC1C(=O)O. The number of aliphatic carboxylic acids is 1. The minimum atomic E-state index is -0.653. The van der Waals surface area contributed by atoms with Gasteiger partial charge in [0.25, 0.3) is 0 Å². The number of rotatable bonds is 4. The predicted molar refractivity (Wildman–Crippen MR) is 72.5 cm³/mol. The smallest absolute Gasteiger partial charge is 0.306 e. The molecular weight excluding hydrogens is 228 g/mol. The van der Waals surface area contributed by atoms with Gasteiger partial charge in [0.2, 0.25) is 0 Å². The van der Waals surface area contributed by atoms with Gasteiger partial charge in [-0.3, -0.25) is 4.79 Å². The summed E-state index contributed by atoms with van der Waals surface area (Å²) in [6.07, 6.45) is 2.98. The molecule has 3 heteroatoms. The van der Waals surface area contributed by atoms with E-state index in [1.54, 1.807) is 0 Å². The van der Waals surface area contributed by atoms with Crippen LogP contribution in [0.4, 0.5) is 0 Å². The zero-order valence-corrected chi connectivity index (χ0v) is 12.4. The number of carboxylic acid groups (broad SMARTS) is 1. The van der Waals surface area contributed by atoms with Crippen LogP contribution in [-0.2, 0) is 9.53 Å². The summed E-state index contributed by atoms with van der Waals surface area (Å²) in [5.41, 5.74) is 0.263. The Morgan fingerprint density at radius 1 is 1.33 bits per heavy atom. The van der Waals surface area contributed by atoms with Crippen molar-refractivity contribution in [1.29, 1.82) is 0 Å². The lowest BCUT2D eigenvalue weighted by atomic mass is 9.65. The Labute approximate surface area is 111 Å². The highest BCUT2D eigenvalue weighted by molar-refractivity contribution is 5.70. The quantitative estimate of drug-likeness (QED) is 0.836. The average molecular weight is 256 g/mol. The fraction of sp³-hybridized carbons (Fsp3) is 0.933. The van der Waals surface area contributed by atoms with Crippen LogP contribution in [0.15, 0.2) is 0 Å². The van der Waals surface area contributed by atoms with E-state index in [1.165, 1.54) is 0 Å². The van der Waals surface area contributed by atoms with Crippen LogP contribution in [0, 0.1) is 23.2 Å². The molecule has 18 heavy (non-hydrogen) atoms. The van der Waals surface area contributed by atoms with Gasteiger partial charge < -0.3 is 9.84 Å². The zero-order valence-electron chi connectivity index (χ0n) is 12.4. The maximum atomic E-state index is 11.3. The maximum absolute atomic E-state index is 11.3. The molecule has 0 aliphatic heterocycles. The van der Waals surface area contributed by atoms with E-state index in [-0.39, 0.29) is 23.4 Å². The Morgan fingerprint density at radius 3 is 2.39 bits per heavy atom. The third kappa shape index (κ3) is 4.27. The van der Waals surface area contributed by atoms with Crippen LogP contribution in [0.25, 0.3) is 0 Å². The summed E-state index contributed by atoms with van der Waals surface area (Å²) in [5, 5.41) is 9.31. The molecule has 1 N–H and O–H groups in total. The second-order valence-electron chi connectivity index (χ2n) is 6.96. The second kappa shape index (κ2) is 6.05. The van der Waals surface area contributed by atoms with E-state index in [0.29, 0.717) is 12.5 Å². The molecule has 1 aliphatic carbocycles. The highest BCUT2D eigenvalue weighted by atomic mass is 16.5. The Kier molecular flexibility index (Phi) is 5.20. The van der Waals surface area contributed by atoms with Crippen molar-refractivity contribution in [3.05, 3.63) is 0 Å². The van der Waals surface area contributed by atoms with E-state index >= 15 is 0 Å². The largest absolute Gasteiger partial charge is 0.481 e. The minimum Gasteiger partial charge on any atom is -0.481 e. The van der Waals surface area contributed by atoms with Gasteiger partial charge in [0.1, 0.15) is 0 Å². The van der Waals surface area contributed by atoms with Gasteiger partial charge in [-0.25, -0.2) is 0 Å². The number of carboxylic acids is 1. The molecule has 0 spiro atoms. The number of carbonyl (C=O) groups is 1. The van der Waals surface area contributed by atoms with E-state index in [4.69, 9.17) is 4.74 Å². The molecule has 1 aliphatic rings. The lowest BCUT2D eigenvalue weighted by Gasteiger charge is -2.40. The standard InChI is InChI=1S/C15H28O3/c1-10(2)18-9-11-8-12(15(3,4)5)6-7-13(11)14(16)17/h10-13H,6-9H2,1-5H3,(H,16,17). The Hall–Kier alpha value is -0.570. The number of hydrogen-bond donors (Lipinski definition) is 1. The van der Waals surface area contributed by atoms with Crippen molar-refractivity contribution in [2.45, 2.75) is 60.0 Å². The summed E-state index contributed by atoms with van der Waals surface area (Å²) in [5.74, 6) is -0.0983. The highest BCUT2D eigenvalue weighted by Crippen LogP contribution is 2.43. The van der Waals surface area contributed by atoms with Crippen molar-refractivity contribution >= 4 is 5.97 Å². The van der Waals surface area contributed by atoms with Crippen LogP contribution in [0.2, 0.25) is 0 Å². The van der Waals surface area contributed by atoms with Crippen LogP contribution >= 0.6 is 0 Å². The van der Waals surface area contributed by atoms with Crippen molar-refractivity contribution < 1.29 is 14.6 Å². The van der Waals surface area contributed by atoms with Gasteiger partial charge in [-0.05, 0) is 50.4 Å². The molecule has 1 fully saturated rings. The molecule has 0 bridgehead atoms. The zero-order chi connectivity index (χ0) is 13.9.